The van der Waals surface area contributed by atoms with Gasteiger partial charge in [0.05, 0.1) is 6.42 Å². The van der Waals surface area contributed by atoms with E-state index < -0.39 is 6.04 Å². The Morgan fingerprint density at radius 2 is 1.83 bits per heavy atom. The number of hydrogen-bond donors (Lipinski definition) is 2. The van der Waals surface area contributed by atoms with Gasteiger partial charge in [0.1, 0.15) is 11.9 Å². The Bertz CT molecular complexity index is 920. The van der Waals surface area contributed by atoms with Crippen LogP contribution >= 0.6 is 0 Å². The van der Waals surface area contributed by atoms with Crippen molar-refractivity contribution in [1.29, 1.82) is 0 Å². The standard InChI is InChI=1S/C22H26N6O2/c1-2-16-6-8-17(9-7-16)24-21(30)18-15-20(29)26-22(25-18)28-13-11-27(12-14-28)19-5-3-4-10-23-19/h3-10,18H,2,11-15H2,1H3,(H,24,30)(H,25,26,29)/t18-/m1/s1. The van der Waals surface area contributed by atoms with Crippen molar-refractivity contribution in [3.05, 3.63) is 54.2 Å². The number of rotatable bonds is 4. The van der Waals surface area contributed by atoms with E-state index in [9.17, 15) is 9.59 Å². The van der Waals surface area contributed by atoms with E-state index in [1.54, 1.807) is 6.20 Å². The Balaban J connectivity index is 1.39. The summed E-state index contributed by atoms with van der Waals surface area (Å²) in [5.74, 6) is 0.971. The van der Waals surface area contributed by atoms with E-state index in [-0.39, 0.29) is 18.2 Å². The van der Waals surface area contributed by atoms with Crippen molar-refractivity contribution in [3.63, 3.8) is 0 Å². The maximum absolute atomic E-state index is 12.7. The minimum Gasteiger partial charge on any atom is -0.353 e. The van der Waals surface area contributed by atoms with E-state index in [0.717, 1.165) is 25.3 Å². The molecule has 0 aliphatic carbocycles. The summed E-state index contributed by atoms with van der Waals surface area (Å²) in [7, 11) is 0. The number of aryl methyl sites for hydroxylation is 1. The zero-order chi connectivity index (χ0) is 20.9. The van der Waals surface area contributed by atoms with Crippen LogP contribution in [0.3, 0.4) is 0 Å². The minimum absolute atomic E-state index is 0.0519. The van der Waals surface area contributed by atoms with Crippen molar-refractivity contribution < 1.29 is 9.59 Å². The fourth-order valence-electron chi connectivity index (χ4n) is 3.63. The topological polar surface area (TPSA) is 89.9 Å². The Kier molecular flexibility index (Phi) is 5.92. The fourth-order valence-corrected chi connectivity index (χ4v) is 3.63. The van der Waals surface area contributed by atoms with Crippen LogP contribution in [-0.4, -0.2) is 59.9 Å². The number of guanidine groups is 1. The highest BCUT2D eigenvalue weighted by molar-refractivity contribution is 6.06. The highest BCUT2D eigenvalue weighted by Crippen LogP contribution is 2.16. The number of piperazine rings is 1. The third kappa shape index (κ3) is 4.59. The molecule has 2 aromatic rings. The lowest BCUT2D eigenvalue weighted by molar-refractivity contribution is -0.125. The number of benzene rings is 1. The molecule has 1 aromatic carbocycles. The van der Waals surface area contributed by atoms with Crippen LogP contribution in [0.25, 0.3) is 0 Å². The molecule has 1 fully saturated rings. The molecular formula is C22H26N6O2. The van der Waals surface area contributed by atoms with Crippen LogP contribution in [0.2, 0.25) is 0 Å². The highest BCUT2D eigenvalue weighted by Gasteiger charge is 2.30. The number of nitrogens with one attached hydrogen (secondary N) is 2. The van der Waals surface area contributed by atoms with E-state index in [1.807, 2.05) is 47.4 Å². The summed E-state index contributed by atoms with van der Waals surface area (Å²) in [4.78, 5) is 38.1. The van der Waals surface area contributed by atoms with Crippen LogP contribution < -0.4 is 15.5 Å². The minimum atomic E-state index is -0.728. The number of nitrogens with zero attached hydrogens (tertiary/aromatic N) is 4. The maximum Gasteiger partial charge on any atom is 0.249 e. The molecule has 1 saturated heterocycles. The Morgan fingerprint density at radius 3 is 2.50 bits per heavy atom. The lowest BCUT2D eigenvalue weighted by atomic mass is 10.1. The van der Waals surface area contributed by atoms with Crippen LogP contribution in [0.1, 0.15) is 18.9 Å². The van der Waals surface area contributed by atoms with E-state index in [1.165, 1.54) is 5.56 Å². The predicted octanol–water partition coefficient (Wildman–Crippen LogP) is 1.65. The van der Waals surface area contributed by atoms with Crippen molar-refractivity contribution in [2.24, 2.45) is 4.99 Å². The third-order valence-electron chi connectivity index (χ3n) is 5.39. The van der Waals surface area contributed by atoms with Gasteiger partial charge in [-0.25, -0.2) is 9.98 Å². The van der Waals surface area contributed by atoms with E-state index in [0.29, 0.717) is 24.7 Å². The van der Waals surface area contributed by atoms with Crippen LogP contribution in [0, 0.1) is 0 Å². The Labute approximate surface area is 176 Å². The third-order valence-corrected chi connectivity index (χ3v) is 5.39. The number of anilines is 2. The lowest BCUT2D eigenvalue weighted by Gasteiger charge is -2.38. The number of aromatic nitrogens is 1. The van der Waals surface area contributed by atoms with Crippen molar-refractivity contribution in [2.75, 3.05) is 36.4 Å². The molecule has 0 bridgehead atoms. The van der Waals surface area contributed by atoms with Crippen molar-refractivity contribution in [2.45, 2.75) is 25.8 Å². The average molecular weight is 406 g/mol. The summed E-state index contributed by atoms with van der Waals surface area (Å²) in [6, 6.07) is 12.9. The smallest absolute Gasteiger partial charge is 0.249 e. The van der Waals surface area contributed by atoms with Gasteiger partial charge in [-0.05, 0) is 36.2 Å². The zero-order valence-electron chi connectivity index (χ0n) is 17.0. The normalized spacial score (nSPS) is 19.2. The SMILES string of the molecule is CCc1ccc(NC(=O)[C@H]2CC(=O)NC(N3CCN(c4ccccn4)CC3)=N2)cc1. The molecule has 1 atom stereocenters. The van der Waals surface area contributed by atoms with Crippen molar-refractivity contribution in [3.8, 4) is 0 Å². The second-order valence-electron chi connectivity index (χ2n) is 7.42. The summed E-state index contributed by atoms with van der Waals surface area (Å²) in [5, 5.41) is 5.70. The summed E-state index contributed by atoms with van der Waals surface area (Å²) in [6.45, 7) is 5.02. The second-order valence-corrected chi connectivity index (χ2v) is 7.42. The molecular weight excluding hydrogens is 380 g/mol. The summed E-state index contributed by atoms with van der Waals surface area (Å²) < 4.78 is 0. The molecule has 2 aliphatic heterocycles. The molecule has 2 amide bonds. The van der Waals surface area contributed by atoms with E-state index in [4.69, 9.17) is 0 Å². The first-order valence-corrected chi connectivity index (χ1v) is 10.3. The molecule has 3 heterocycles. The molecule has 8 nitrogen and oxygen atoms in total. The zero-order valence-corrected chi connectivity index (χ0v) is 17.0. The van der Waals surface area contributed by atoms with Crippen LogP contribution in [0.4, 0.5) is 11.5 Å². The molecule has 8 heteroatoms. The van der Waals surface area contributed by atoms with Gasteiger partial charge in [0.25, 0.3) is 0 Å². The molecule has 0 saturated carbocycles. The van der Waals surface area contributed by atoms with Gasteiger partial charge in [0.15, 0.2) is 0 Å². The Morgan fingerprint density at radius 1 is 1.10 bits per heavy atom. The van der Waals surface area contributed by atoms with Crippen molar-refractivity contribution in [1.82, 2.24) is 15.2 Å². The summed E-state index contributed by atoms with van der Waals surface area (Å²) >= 11 is 0. The molecule has 30 heavy (non-hydrogen) atoms. The Hall–Kier alpha value is -3.42. The first kappa shape index (κ1) is 19.9. The van der Waals surface area contributed by atoms with Gasteiger partial charge in [0, 0.05) is 38.1 Å². The number of hydrogen-bond acceptors (Lipinski definition) is 6. The van der Waals surface area contributed by atoms with E-state index >= 15 is 0 Å². The number of amides is 2. The van der Waals surface area contributed by atoms with Crippen LogP contribution in [-0.2, 0) is 16.0 Å². The van der Waals surface area contributed by atoms with Gasteiger partial charge >= 0.3 is 0 Å². The molecule has 156 valence electrons. The van der Waals surface area contributed by atoms with Gasteiger partial charge in [0.2, 0.25) is 17.8 Å². The largest absolute Gasteiger partial charge is 0.353 e. The number of pyridine rings is 1. The fraction of sp³-hybridized carbons (Fsp3) is 0.364. The summed E-state index contributed by atoms with van der Waals surface area (Å²) in [6.07, 6.45) is 2.78. The van der Waals surface area contributed by atoms with Gasteiger partial charge in [-0.2, -0.15) is 0 Å². The second kappa shape index (κ2) is 8.94. The van der Waals surface area contributed by atoms with Crippen LogP contribution in [0.5, 0.6) is 0 Å². The first-order chi connectivity index (χ1) is 14.6. The first-order valence-electron chi connectivity index (χ1n) is 10.3. The van der Waals surface area contributed by atoms with Gasteiger partial charge in [-0.1, -0.05) is 25.1 Å². The molecule has 2 aliphatic rings. The quantitative estimate of drug-likeness (QED) is 0.806. The number of carbonyl (C=O) groups excluding carboxylic acids is 2. The molecule has 0 spiro atoms. The molecule has 2 N–H and O–H groups in total. The monoisotopic (exact) mass is 406 g/mol. The van der Waals surface area contributed by atoms with Crippen LogP contribution in [0.15, 0.2) is 53.7 Å². The molecule has 4 rings (SSSR count). The molecule has 1 aromatic heterocycles. The average Bonchev–Trinajstić information content (AvgIpc) is 2.80. The molecule has 0 radical (unpaired) electrons. The van der Waals surface area contributed by atoms with Gasteiger partial charge in [-0.3, -0.25) is 14.9 Å². The number of aliphatic imine (C=N–C) groups is 1. The van der Waals surface area contributed by atoms with E-state index in [2.05, 4.69) is 32.4 Å². The summed E-state index contributed by atoms with van der Waals surface area (Å²) in [5.41, 5.74) is 1.92. The predicted molar refractivity (Wildman–Crippen MR) is 116 cm³/mol. The van der Waals surface area contributed by atoms with Crippen molar-refractivity contribution >= 4 is 29.3 Å². The lowest BCUT2D eigenvalue weighted by Crippen LogP contribution is -2.56. The highest BCUT2D eigenvalue weighted by atomic mass is 16.2. The van der Waals surface area contributed by atoms with Gasteiger partial charge < -0.3 is 15.1 Å². The maximum atomic E-state index is 12.7. The number of carbonyl (C=O) groups is 2. The molecule has 0 unspecified atom stereocenters. The van der Waals surface area contributed by atoms with Gasteiger partial charge in [-0.15, -0.1) is 0 Å².